The van der Waals surface area contributed by atoms with Crippen molar-refractivity contribution in [1.82, 2.24) is 4.98 Å². The van der Waals surface area contributed by atoms with Crippen LogP contribution >= 0.6 is 0 Å². The summed E-state index contributed by atoms with van der Waals surface area (Å²) in [6.07, 6.45) is 2.39. The molecule has 0 radical (unpaired) electrons. The highest BCUT2D eigenvalue weighted by atomic mass is 19.2. The van der Waals surface area contributed by atoms with E-state index in [2.05, 4.69) is 22.5 Å². The molecule has 3 rings (SSSR count). The molecule has 4 nitrogen and oxygen atoms in total. The van der Waals surface area contributed by atoms with Crippen molar-refractivity contribution in [2.45, 2.75) is 13.3 Å². The lowest BCUT2D eigenvalue weighted by molar-refractivity contribution is 0.102. The SMILES string of the molecule is CCc1ccc(NC(=O)c2cc(Nc3ccc(F)c(F)c3)ccn2)cc1. The lowest BCUT2D eigenvalue weighted by Gasteiger charge is -2.09. The minimum absolute atomic E-state index is 0.206. The molecule has 0 aliphatic rings. The molecule has 1 aromatic heterocycles. The number of anilines is 3. The standard InChI is InChI=1S/C20H17F2N3O/c1-2-13-3-5-14(6-4-13)25-20(26)19-12-16(9-10-23-19)24-15-7-8-17(21)18(22)11-15/h3-12H,2H2,1H3,(H,23,24)(H,25,26). The minimum Gasteiger partial charge on any atom is -0.355 e. The van der Waals surface area contributed by atoms with E-state index in [9.17, 15) is 13.6 Å². The Morgan fingerprint density at radius 1 is 0.923 bits per heavy atom. The summed E-state index contributed by atoms with van der Waals surface area (Å²) in [5.74, 6) is -2.22. The fourth-order valence-corrected chi connectivity index (χ4v) is 2.39. The van der Waals surface area contributed by atoms with E-state index in [0.717, 1.165) is 18.6 Å². The Kier molecular flexibility index (Phi) is 5.22. The van der Waals surface area contributed by atoms with Gasteiger partial charge in [-0.1, -0.05) is 19.1 Å². The summed E-state index contributed by atoms with van der Waals surface area (Å²) in [5.41, 5.74) is 2.97. The smallest absolute Gasteiger partial charge is 0.274 e. The number of carbonyl (C=O) groups is 1. The van der Waals surface area contributed by atoms with E-state index in [1.807, 2.05) is 24.3 Å². The molecule has 0 atom stereocenters. The third-order valence-corrected chi connectivity index (χ3v) is 3.82. The van der Waals surface area contributed by atoms with Crippen LogP contribution in [0.25, 0.3) is 0 Å². The predicted molar refractivity (Wildman–Crippen MR) is 97.7 cm³/mol. The molecule has 0 fully saturated rings. The van der Waals surface area contributed by atoms with Gasteiger partial charge in [0.2, 0.25) is 0 Å². The van der Waals surface area contributed by atoms with Crippen LogP contribution in [-0.2, 0) is 6.42 Å². The quantitative estimate of drug-likeness (QED) is 0.685. The first-order valence-electron chi connectivity index (χ1n) is 8.13. The van der Waals surface area contributed by atoms with Crippen LogP contribution < -0.4 is 10.6 Å². The van der Waals surface area contributed by atoms with Gasteiger partial charge in [-0.3, -0.25) is 9.78 Å². The molecule has 0 bridgehead atoms. The number of carbonyl (C=O) groups excluding carboxylic acids is 1. The zero-order chi connectivity index (χ0) is 18.5. The normalized spacial score (nSPS) is 10.4. The molecule has 0 aliphatic carbocycles. The molecule has 0 saturated carbocycles. The summed E-state index contributed by atoms with van der Waals surface area (Å²) < 4.78 is 26.3. The lowest BCUT2D eigenvalue weighted by atomic mass is 10.1. The third-order valence-electron chi connectivity index (χ3n) is 3.82. The summed E-state index contributed by atoms with van der Waals surface area (Å²) >= 11 is 0. The number of aryl methyl sites for hydroxylation is 1. The molecule has 0 unspecified atom stereocenters. The predicted octanol–water partition coefficient (Wildman–Crippen LogP) is 4.92. The van der Waals surface area contributed by atoms with E-state index >= 15 is 0 Å². The zero-order valence-electron chi connectivity index (χ0n) is 14.1. The van der Waals surface area contributed by atoms with Crippen LogP contribution in [0.3, 0.4) is 0 Å². The molecule has 3 aromatic rings. The van der Waals surface area contributed by atoms with Crippen molar-refractivity contribution in [3.63, 3.8) is 0 Å². The van der Waals surface area contributed by atoms with Crippen molar-refractivity contribution < 1.29 is 13.6 Å². The Labute approximate surface area is 149 Å². The summed E-state index contributed by atoms with van der Waals surface area (Å²) in [4.78, 5) is 16.4. The zero-order valence-corrected chi connectivity index (χ0v) is 14.1. The second kappa shape index (κ2) is 7.74. The molecule has 132 valence electrons. The van der Waals surface area contributed by atoms with E-state index in [0.29, 0.717) is 17.1 Å². The van der Waals surface area contributed by atoms with Gasteiger partial charge in [0.1, 0.15) is 5.69 Å². The monoisotopic (exact) mass is 353 g/mol. The van der Waals surface area contributed by atoms with E-state index < -0.39 is 11.6 Å². The molecule has 2 aromatic carbocycles. The van der Waals surface area contributed by atoms with E-state index in [4.69, 9.17) is 0 Å². The summed E-state index contributed by atoms with van der Waals surface area (Å²) in [7, 11) is 0. The highest BCUT2D eigenvalue weighted by molar-refractivity contribution is 6.03. The van der Waals surface area contributed by atoms with Gasteiger partial charge in [0, 0.05) is 29.3 Å². The maximum atomic E-state index is 13.3. The fraction of sp³-hybridized carbons (Fsp3) is 0.100. The highest BCUT2D eigenvalue weighted by Crippen LogP contribution is 2.19. The molecule has 0 aliphatic heterocycles. The molecular weight excluding hydrogens is 336 g/mol. The van der Waals surface area contributed by atoms with E-state index in [-0.39, 0.29) is 11.6 Å². The molecular formula is C20H17F2N3O. The van der Waals surface area contributed by atoms with Gasteiger partial charge in [-0.25, -0.2) is 8.78 Å². The van der Waals surface area contributed by atoms with Crippen LogP contribution in [0.1, 0.15) is 23.0 Å². The van der Waals surface area contributed by atoms with Gasteiger partial charge in [0.05, 0.1) is 0 Å². The lowest BCUT2D eigenvalue weighted by Crippen LogP contribution is -2.13. The number of rotatable bonds is 5. The Balaban J connectivity index is 1.73. The van der Waals surface area contributed by atoms with Crippen LogP contribution in [0.15, 0.2) is 60.8 Å². The number of hydrogen-bond donors (Lipinski definition) is 2. The third kappa shape index (κ3) is 4.22. The van der Waals surface area contributed by atoms with Crippen molar-refractivity contribution in [1.29, 1.82) is 0 Å². The van der Waals surface area contributed by atoms with E-state index in [1.54, 1.807) is 6.07 Å². The fourth-order valence-electron chi connectivity index (χ4n) is 2.39. The molecule has 1 heterocycles. The van der Waals surface area contributed by atoms with Crippen molar-refractivity contribution in [2.24, 2.45) is 0 Å². The second-order valence-electron chi connectivity index (χ2n) is 5.69. The number of halogens is 2. The van der Waals surface area contributed by atoms with Crippen LogP contribution in [0.5, 0.6) is 0 Å². The Bertz CT molecular complexity index is 927. The van der Waals surface area contributed by atoms with Crippen molar-refractivity contribution in [2.75, 3.05) is 10.6 Å². The number of nitrogens with one attached hydrogen (secondary N) is 2. The van der Waals surface area contributed by atoms with Gasteiger partial charge in [0.25, 0.3) is 5.91 Å². The highest BCUT2D eigenvalue weighted by Gasteiger charge is 2.09. The average molecular weight is 353 g/mol. The van der Waals surface area contributed by atoms with E-state index in [1.165, 1.54) is 23.9 Å². The van der Waals surface area contributed by atoms with Gasteiger partial charge in [-0.2, -0.15) is 0 Å². The largest absolute Gasteiger partial charge is 0.355 e. The molecule has 26 heavy (non-hydrogen) atoms. The molecule has 2 N–H and O–H groups in total. The van der Waals surface area contributed by atoms with Gasteiger partial charge >= 0.3 is 0 Å². The topological polar surface area (TPSA) is 54.0 Å². The van der Waals surface area contributed by atoms with Crippen molar-refractivity contribution >= 4 is 23.0 Å². The number of aromatic nitrogens is 1. The molecule has 6 heteroatoms. The van der Waals surface area contributed by atoms with Crippen LogP contribution in [0, 0.1) is 11.6 Å². The Morgan fingerprint density at radius 3 is 2.31 bits per heavy atom. The minimum atomic E-state index is -0.947. The molecule has 0 saturated heterocycles. The van der Waals surface area contributed by atoms with Gasteiger partial charge < -0.3 is 10.6 Å². The molecule has 1 amide bonds. The maximum Gasteiger partial charge on any atom is 0.274 e. The van der Waals surface area contributed by atoms with Gasteiger partial charge in [0.15, 0.2) is 11.6 Å². The molecule has 0 spiro atoms. The summed E-state index contributed by atoms with van der Waals surface area (Å²) in [6, 6.07) is 14.2. The van der Waals surface area contributed by atoms with Crippen molar-refractivity contribution in [3.05, 3.63) is 83.7 Å². The second-order valence-corrected chi connectivity index (χ2v) is 5.69. The van der Waals surface area contributed by atoms with Crippen molar-refractivity contribution in [3.8, 4) is 0 Å². The van der Waals surface area contributed by atoms with Gasteiger partial charge in [-0.05, 0) is 48.4 Å². The van der Waals surface area contributed by atoms with Gasteiger partial charge in [-0.15, -0.1) is 0 Å². The Morgan fingerprint density at radius 2 is 1.62 bits per heavy atom. The maximum absolute atomic E-state index is 13.3. The van der Waals surface area contributed by atoms with Crippen LogP contribution in [0.4, 0.5) is 25.8 Å². The van der Waals surface area contributed by atoms with Crippen LogP contribution in [0.2, 0.25) is 0 Å². The first kappa shape index (κ1) is 17.5. The number of benzene rings is 2. The first-order valence-corrected chi connectivity index (χ1v) is 8.13. The summed E-state index contributed by atoms with van der Waals surface area (Å²) in [6.45, 7) is 2.06. The number of hydrogen-bond acceptors (Lipinski definition) is 3. The average Bonchev–Trinajstić information content (AvgIpc) is 2.65. The van der Waals surface area contributed by atoms with Crippen LogP contribution in [-0.4, -0.2) is 10.9 Å². The number of nitrogens with zero attached hydrogens (tertiary/aromatic N) is 1. The first-order chi connectivity index (χ1) is 12.5. The summed E-state index contributed by atoms with van der Waals surface area (Å²) in [5, 5.41) is 5.70. The number of amides is 1. The Hall–Kier alpha value is -3.28. The number of pyridine rings is 1.